The second kappa shape index (κ2) is 7.01. The second-order valence-corrected chi connectivity index (χ2v) is 5.45. The number of carboxylic acids is 1. The molecule has 104 valence electrons. The number of benzene rings is 2. The van der Waals surface area contributed by atoms with E-state index in [0.29, 0.717) is 17.9 Å². The monoisotopic (exact) mass is 288 g/mol. The summed E-state index contributed by atoms with van der Waals surface area (Å²) in [6, 6.07) is 14.9. The van der Waals surface area contributed by atoms with Crippen molar-refractivity contribution in [3.8, 4) is 5.75 Å². The summed E-state index contributed by atoms with van der Waals surface area (Å²) >= 11 is 1.49. The van der Waals surface area contributed by atoms with Crippen LogP contribution in [0.5, 0.6) is 5.75 Å². The van der Waals surface area contributed by atoms with Gasteiger partial charge < -0.3 is 9.84 Å². The maximum Gasteiger partial charge on any atom is 0.336 e. The fourth-order valence-corrected chi connectivity index (χ4v) is 2.59. The first-order chi connectivity index (χ1) is 9.66. The van der Waals surface area contributed by atoms with Crippen molar-refractivity contribution in [3.05, 3.63) is 59.7 Å². The van der Waals surface area contributed by atoms with Gasteiger partial charge in [-0.1, -0.05) is 29.8 Å². The van der Waals surface area contributed by atoms with Crippen molar-refractivity contribution < 1.29 is 14.6 Å². The van der Waals surface area contributed by atoms with Crippen LogP contribution < -0.4 is 4.74 Å². The molecule has 0 heterocycles. The van der Waals surface area contributed by atoms with E-state index in [0.717, 1.165) is 10.6 Å². The lowest BCUT2D eigenvalue weighted by Gasteiger charge is -2.08. The zero-order valence-electron chi connectivity index (χ0n) is 11.2. The van der Waals surface area contributed by atoms with E-state index in [9.17, 15) is 4.79 Å². The van der Waals surface area contributed by atoms with Gasteiger partial charge in [0.1, 0.15) is 5.75 Å². The molecule has 0 aliphatic heterocycles. The predicted octanol–water partition coefficient (Wildman–Crippen LogP) is 3.86. The average Bonchev–Trinajstić information content (AvgIpc) is 2.46. The lowest BCUT2D eigenvalue weighted by atomic mass is 10.2. The molecule has 0 spiro atoms. The van der Waals surface area contributed by atoms with E-state index in [4.69, 9.17) is 9.84 Å². The highest BCUT2D eigenvalue weighted by Crippen LogP contribution is 2.22. The van der Waals surface area contributed by atoms with Crippen molar-refractivity contribution >= 4 is 17.7 Å². The Hall–Kier alpha value is -1.94. The lowest BCUT2D eigenvalue weighted by Crippen LogP contribution is -2.02. The van der Waals surface area contributed by atoms with Crippen molar-refractivity contribution in [2.75, 3.05) is 12.4 Å². The molecule has 0 atom stereocenters. The van der Waals surface area contributed by atoms with E-state index in [1.165, 1.54) is 17.3 Å². The van der Waals surface area contributed by atoms with Crippen LogP contribution in [0.2, 0.25) is 0 Å². The molecule has 2 aromatic carbocycles. The van der Waals surface area contributed by atoms with Gasteiger partial charge in [-0.3, -0.25) is 0 Å². The minimum absolute atomic E-state index is 0.341. The Bertz CT molecular complexity index is 579. The summed E-state index contributed by atoms with van der Waals surface area (Å²) in [5, 5.41) is 9.08. The van der Waals surface area contributed by atoms with Crippen molar-refractivity contribution in [1.82, 2.24) is 0 Å². The molecular weight excluding hydrogens is 272 g/mol. The minimum atomic E-state index is -0.896. The quantitative estimate of drug-likeness (QED) is 0.647. The van der Waals surface area contributed by atoms with Gasteiger partial charge >= 0.3 is 5.97 Å². The lowest BCUT2D eigenvalue weighted by molar-refractivity contribution is 0.0693. The van der Waals surface area contributed by atoms with E-state index in [-0.39, 0.29) is 0 Å². The van der Waals surface area contributed by atoms with Gasteiger partial charge in [0.25, 0.3) is 0 Å². The molecule has 0 saturated heterocycles. The molecule has 0 bridgehead atoms. The van der Waals surface area contributed by atoms with Crippen LogP contribution in [-0.4, -0.2) is 23.4 Å². The van der Waals surface area contributed by atoms with E-state index in [1.54, 1.807) is 12.1 Å². The highest BCUT2D eigenvalue weighted by molar-refractivity contribution is 7.99. The van der Waals surface area contributed by atoms with Crippen LogP contribution in [0, 0.1) is 6.92 Å². The molecule has 0 saturated carbocycles. The van der Waals surface area contributed by atoms with Crippen LogP contribution in [-0.2, 0) is 0 Å². The third-order valence-corrected chi connectivity index (χ3v) is 3.79. The third-order valence-electron chi connectivity index (χ3n) is 2.75. The summed E-state index contributed by atoms with van der Waals surface area (Å²) in [7, 11) is 0. The molecule has 0 aromatic heterocycles. The normalized spacial score (nSPS) is 10.2. The average molecular weight is 288 g/mol. The van der Waals surface area contributed by atoms with Gasteiger partial charge in [0.15, 0.2) is 0 Å². The summed E-state index contributed by atoms with van der Waals surface area (Å²) in [5.74, 6) is 0.647. The van der Waals surface area contributed by atoms with Gasteiger partial charge in [-0.15, -0.1) is 11.8 Å². The SMILES string of the molecule is Cc1ccc(OCCSc2ccccc2C(=O)O)cc1. The van der Waals surface area contributed by atoms with Gasteiger partial charge in [-0.25, -0.2) is 4.79 Å². The molecule has 0 aliphatic carbocycles. The number of hydrogen-bond acceptors (Lipinski definition) is 3. The van der Waals surface area contributed by atoms with Crippen LogP contribution in [0.25, 0.3) is 0 Å². The zero-order valence-corrected chi connectivity index (χ0v) is 12.0. The Balaban J connectivity index is 1.84. The maximum absolute atomic E-state index is 11.1. The van der Waals surface area contributed by atoms with Gasteiger partial charge in [0.05, 0.1) is 12.2 Å². The summed E-state index contributed by atoms with van der Waals surface area (Å²) < 4.78 is 5.61. The Kier molecular flexibility index (Phi) is 5.07. The highest BCUT2D eigenvalue weighted by Gasteiger charge is 2.08. The summed E-state index contributed by atoms with van der Waals surface area (Å²) in [6.07, 6.45) is 0. The fourth-order valence-electron chi connectivity index (χ4n) is 1.71. The summed E-state index contributed by atoms with van der Waals surface area (Å²) in [6.45, 7) is 2.57. The Morgan fingerprint density at radius 1 is 1.15 bits per heavy atom. The second-order valence-electron chi connectivity index (χ2n) is 4.31. The van der Waals surface area contributed by atoms with Crippen molar-refractivity contribution in [2.24, 2.45) is 0 Å². The maximum atomic E-state index is 11.1. The van der Waals surface area contributed by atoms with E-state index >= 15 is 0 Å². The van der Waals surface area contributed by atoms with Gasteiger partial charge in [-0.05, 0) is 31.2 Å². The van der Waals surface area contributed by atoms with Crippen LogP contribution in [0.3, 0.4) is 0 Å². The first-order valence-electron chi connectivity index (χ1n) is 6.31. The molecule has 0 unspecified atom stereocenters. The first-order valence-corrected chi connectivity index (χ1v) is 7.30. The van der Waals surface area contributed by atoms with E-state index in [2.05, 4.69) is 0 Å². The number of aryl methyl sites for hydroxylation is 1. The molecule has 4 heteroatoms. The summed E-state index contributed by atoms with van der Waals surface area (Å²) in [5.41, 5.74) is 1.54. The van der Waals surface area contributed by atoms with Gasteiger partial charge in [-0.2, -0.15) is 0 Å². The number of aromatic carboxylic acids is 1. The van der Waals surface area contributed by atoms with Crippen LogP contribution in [0.4, 0.5) is 0 Å². The Labute approximate surface area is 122 Å². The molecule has 0 fully saturated rings. The number of carboxylic acid groups (broad SMARTS) is 1. The number of carbonyl (C=O) groups is 1. The van der Waals surface area contributed by atoms with Crippen molar-refractivity contribution in [2.45, 2.75) is 11.8 Å². The molecule has 0 radical (unpaired) electrons. The van der Waals surface area contributed by atoms with Gasteiger partial charge in [0.2, 0.25) is 0 Å². The predicted molar refractivity (Wildman–Crippen MR) is 80.8 cm³/mol. The number of ether oxygens (including phenoxy) is 1. The van der Waals surface area contributed by atoms with Crippen molar-refractivity contribution in [3.63, 3.8) is 0 Å². The zero-order chi connectivity index (χ0) is 14.4. The standard InChI is InChI=1S/C16H16O3S/c1-12-6-8-13(9-7-12)19-10-11-20-15-5-3-2-4-14(15)16(17)18/h2-9H,10-11H2,1H3,(H,17,18). The van der Waals surface area contributed by atoms with E-state index < -0.39 is 5.97 Å². The molecule has 1 N–H and O–H groups in total. The minimum Gasteiger partial charge on any atom is -0.493 e. The molecular formula is C16H16O3S. The van der Waals surface area contributed by atoms with Crippen molar-refractivity contribution in [1.29, 1.82) is 0 Å². The van der Waals surface area contributed by atoms with Crippen LogP contribution in [0.15, 0.2) is 53.4 Å². The number of hydrogen-bond donors (Lipinski definition) is 1. The summed E-state index contributed by atoms with van der Waals surface area (Å²) in [4.78, 5) is 11.8. The molecule has 0 aliphatic rings. The molecule has 2 aromatic rings. The van der Waals surface area contributed by atoms with E-state index in [1.807, 2.05) is 43.3 Å². The molecule has 0 amide bonds. The molecule has 2 rings (SSSR count). The number of thioether (sulfide) groups is 1. The molecule has 20 heavy (non-hydrogen) atoms. The smallest absolute Gasteiger partial charge is 0.336 e. The van der Waals surface area contributed by atoms with Crippen LogP contribution >= 0.6 is 11.8 Å². The topological polar surface area (TPSA) is 46.5 Å². The first kappa shape index (κ1) is 14.5. The number of rotatable bonds is 6. The van der Waals surface area contributed by atoms with Gasteiger partial charge in [0, 0.05) is 10.6 Å². The fraction of sp³-hybridized carbons (Fsp3) is 0.188. The van der Waals surface area contributed by atoms with Crippen LogP contribution in [0.1, 0.15) is 15.9 Å². The molecule has 3 nitrogen and oxygen atoms in total. The highest BCUT2D eigenvalue weighted by atomic mass is 32.2. The largest absolute Gasteiger partial charge is 0.493 e. The Morgan fingerprint density at radius 2 is 1.85 bits per heavy atom. The third kappa shape index (κ3) is 4.03. The Morgan fingerprint density at radius 3 is 2.55 bits per heavy atom.